The number of nitrogens with zero attached hydrogens (tertiary/aromatic N) is 1. The number of pyridine rings is 1. The molecule has 1 heteroatoms. The molecule has 336 valence electrons. The van der Waals surface area contributed by atoms with Crippen LogP contribution in [0.15, 0.2) is 30.6 Å². The Morgan fingerprint density at radius 1 is 0.228 bits per heavy atom. The van der Waals surface area contributed by atoms with Crippen molar-refractivity contribution in [3.8, 4) is 0 Å². The van der Waals surface area contributed by atoms with E-state index in [4.69, 9.17) is 0 Å². The third-order valence-corrected chi connectivity index (χ3v) is 13.8. The number of hydrogen-bond donors (Lipinski definition) is 0. The van der Waals surface area contributed by atoms with Crippen molar-refractivity contribution in [3.05, 3.63) is 30.6 Å². The average molecular weight is 795 g/mol. The molecule has 57 heavy (non-hydrogen) atoms. The van der Waals surface area contributed by atoms with Crippen molar-refractivity contribution < 1.29 is 4.57 Å². The highest BCUT2D eigenvalue weighted by Gasteiger charge is 2.37. The Balaban J connectivity index is 2.43. The summed E-state index contributed by atoms with van der Waals surface area (Å²) in [6.45, 7) is 6.96. The summed E-state index contributed by atoms with van der Waals surface area (Å²) in [6.07, 6.45) is 72.9. The summed E-state index contributed by atoms with van der Waals surface area (Å²) in [4.78, 5) is 0. The van der Waals surface area contributed by atoms with Gasteiger partial charge in [0.05, 0.1) is 0 Å². The van der Waals surface area contributed by atoms with E-state index in [2.05, 4.69) is 55.9 Å². The minimum absolute atomic E-state index is 0.325. The van der Waals surface area contributed by atoms with E-state index >= 15 is 0 Å². The highest BCUT2D eigenvalue weighted by molar-refractivity contribution is 4.86. The second-order valence-electron chi connectivity index (χ2n) is 19.3. The van der Waals surface area contributed by atoms with Crippen LogP contribution in [0.25, 0.3) is 0 Å². The summed E-state index contributed by atoms with van der Waals surface area (Å²) in [5, 5.41) is 0. The minimum Gasteiger partial charge on any atom is -0.200 e. The summed E-state index contributed by atoms with van der Waals surface area (Å²) in [7, 11) is 0. The smallest absolute Gasteiger partial charge is 0.169 e. The Morgan fingerprint density at radius 2 is 0.404 bits per heavy atom. The van der Waals surface area contributed by atoms with Crippen molar-refractivity contribution >= 4 is 0 Å². The maximum absolute atomic E-state index is 2.70. The first-order valence-corrected chi connectivity index (χ1v) is 27.3. The van der Waals surface area contributed by atoms with Crippen LogP contribution in [-0.2, 0) is 5.54 Å². The lowest BCUT2D eigenvalue weighted by Gasteiger charge is -2.29. The van der Waals surface area contributed by atoms with Gasteiger partial charge in [-0.15, -0.1) is 0 Å². The average Bonchev–Trinajstić information content (AvgIpc) is 3.23. The van der Waals surface area contributed by atoms with Crippen molar-refractivity contribution in [3.63, 3.8) is 0 Å². The molecule has 0 aliphatic rings. The summed E-state index contributed by atoms with van der Waals surface area (Å²) >= 11 is 0. The molecule has 0 unspecified atom stereocenters. The molecule has 0 amide bonds. The fraction of sp³-hybridized carbons (Fsp3) is 0.911. The molecule has 1 rings (SSSR count). The lowest BCUT2D eigenvalue weighted by atomic mass is 9.81. The van der Waals surface area contributed by atoms with Crippen LogP contribution in [-0.4, -0.2) is 0 Å². The van der Waals surface area contributed by atoms with Crippen LogP contribution in [0.3, 0.4) is 0 Å². The predicted molar refractivity (Wildman–Crippen MR) is 259 cm³/mol. The lowest BCUT2D eigenvalue weighted by Crippen LogP contribution is -2.55. The van der Waals surface area contributed by atoms with Crippen molar-refractivity contribution in [1.29, 1.82) is 0 Å². The molecule has 0 aliphatic heterocycles. The van der Waals surface area contributed by atoms with Gasteiger partial charge < -0.3 is 0 Å². The predicted octanol–water partition coefficient (Wildman–Crippen LogP) is 20.1. The first-order chi connectivity index (χ1) is 28.3. The van der Waals surface area contributed by atoms with Crippen LogP contribution in [0.4, 0.5) is 0 Å². The Bertz CT molecular complexity index is 825. The van der Waals surface area contributed by atoms with Gasteiger partial charge in [0.1, 0.15) is 0 Å². The van der Waals surface area contributed by atoms with Gasteiger partial charge in [-0.1, -0.05) is 290 Å². The monoisotopic (exact) mass is 795 g/mol. The van der Waals surface area contributed by atoms with Crippen molar-refractivity contribution in [2.75, 3.05) is 0 Å². The maximum Gasteiger partial charge on any atom is 0.169 e. The van der Waals surface area contributed by atoms with Crippen LogP contribution >= 0.6 is 0 Å². The van der Waals surface area contributed by atoms with Gasteiger partial charge in [0.15, 0.2) is 17.9 Å². The minimum atomic E-state index is 0.325. The fourth-order valence-electron chi connectivity index (χ4n) is 9.78. The van der Waals surface area contributed by atoms with Gasteiger partial charge in [0.2, 0.25) is 0 Å². The summed E-state index contributed by atoms with van der Waals surface area (Å²) in [5.41, 5.74) is 0.325. The van der Waals surface area contributed by atoms with E-state index in [1.165, 1.54) is 302 Å². The zero-order valence-electron chi connectivity index (χ0n) is 40.1. The third kappa shape index (κ3) is 35.6. The molecule has 0 bridgehead atoms. The van der Waals surface area contributed by atoms with Crippen LogP contribution < -0.4 is 4.57 Å². The van der Waals surface area contributed by atoms with Crippen LogP contribution in [0.1, 0.15) is 323 Å². The van der Waals surface area contributed by atoms with Crippen molar-refractivity contribution in [2.24, 2.45) is 0 Å². The second kappa shape index (κ2) is 44.7. The molecule has 1 heterocycles. The zero-order valence-corrected chi connectivity index (χ0v) is 40.1. The van der Waals surface area contributed by atoms with E-state index in [9.17, 15) is 0 Å². The van der Waals surface area contributed by atoms with Crippen molar-refractivity contribution in [1.82, 2.24) is 0 Å². The van der Waals surface area contributed by atoms with E-state index in [0.29, 0.717) is 5.54 Å². The molecule has 0 radical (unpaired) electrons. The van der Waals surface area contributed by atoms with Crippen molar-refractivity contribution in [2.45, 2.75) is 328 Å². The number of hydrogen-bond acceptors (Lipinski definition) is 0. The molecule has 0 N–H and O–H groups in total. The van der Waals surface area contributed by atoms with Crippen LogP contribution in [0.2, 0.25) is 0 Å². The number of rotatable bonds is 48. The highest BCUT2D eigenvalue weighted by atomic mass is 15.0. The third-order valence-electron chi connectivity index (χ3n) is 13.8. The van der Waals surface area contributed by atoms with E-state index in [1.54, 1.807) is 0 Å². The molecular formula is C56H108N+. The molecule has 0 atom stereocenters. The highest BCUT2D eigenvalue weighted by Crippen LogP contribution is 2.32. The van der Waals surface area contributed by atoms with Gasteiger partial charge >= 0.3 is 0 Å². The topological polar surface area (TPSA) is 3.88 Å². The molecule has 1 nitrogen and oxygen atoms in total. The van der Waals surface area contributed by atoms with E-state index in [1.807, 2.05) is 0 Å². The van der Waals surface area contributed by atoms with E-state index in [-0.39, 0.29) is 0 Å². The lowest BCUT2D eigenvalue weighted by molar-refractivity contribution is -0.768. The number of aromatic nitrogens is 1. The molecule has 1 aromatic rings. The molecule has 0 fully saturated rings. The van der Waals surface area contributed by atoms with Gasteiger partial charge in [-0.3, -0.25) is 0 Å². The molecule has 0 saturated carbocycles. The van der Waals surface area contributed by atoms with Crippen LogP contribution in [0, 0.1) is 0 Å². The van der Waals surface area contributed by atoms with Gasteiger partial charge in [-0.05, 0) is 19.3 Å². The standard InChI is InChI=1S/C56H108N/c1-4-7-10-13-16-19-22-25-27-29-31-34-37-40-43-47-52-56(57-54-49-45-50-55-57,51-46-42-39-36-33-24-21-18-15-12-9-6-3)53-48-44-41-38-35-32-30-28-26-23-20-17-14-11-8-5-2/h45,49-50,54-55H,4-44,46-48,51-53H2,1-3H3/q+1. The normalized spacial score (nSPS) is 11.9. The van der Waals surface area contributed by atoms with Gasteiger partial charge in [-0.2, -0.15) is 4.57 Å². The molecule has 0 saturated heterocycles. The van der Waals surface area contributed by atoms with Gasteiger partial charge in [0.25, 0.3) is 0 Å². The Morgan fingerprint density at radius 3 is 0.596 bits per heavy atom. The molecule has 0 aliphatic carbocycles. The summed E-state index contributed by atoms with van der Waals surface area (Å²) < 4.78 is 2.70. The van der Waals surface area contributed by atoms with E-state index in [0.717, 1.165) is 0 Å². The molecule has 1 aromatic heterocycles. The maximum atomic E-state index is 2.70. The largest absolute Gasteiger partial charge is 0.200 e. The van der Waals surface area contributed by atoms with Crippen LogP contribution in [0.5, 0.6) is 0 Å². The molecule has 0 spiro atoms. The van der Waals surface area contributed by atoms with E-state index < -0.39 is 0 Å². The molecular weight excluding hydrogens is 687 g/mol. The summed E-state index contributed by atoms with van der Waals surface area (Å²) in [6, 6.07) is 6.84. The Labute approximate surface area is 361 Å². The second-order valence-corrected chi connectivity index (χ2v) is 19.3. The van der Waals surface area contributed by atoms with Gasteiger partial charge in [-0.25, -0.2) is 0 Å². The summed E-state index contributed by atoms with van der Waals surface area (Å²) in [5.74, 6) is 0. The Hall–Kier alpha value is -0.850. The fourth-order valence-corrected chi connectivity index (χ4v) is 9.78. The van der Waals surface area contributed by atoms with Gasteiger partial charge in [0, 0.05) is 31.4 Å². The number of unbranched alkanes of at least 4 members (excludes halogenated alkanes) is 41. The first kappa shape index (κ1) is 54.2. The zero-order chi connectivity index (χ0) is 40.8. The first-order valence-electron chi connectivity index (χ1n) is 27.3. The SMILES string of the molecule is CCCCCCCCCCCCCCCCCCC(CCCCCCCCCCCCCC)(CCCCCCCCCCCCCCCCCC)[n+]1ccccc1. The molecule has 0 aromatic carbocycles. The quantitative estimate of drug-likeness (QED) is 0.0457. The Kier molecular flexibility index (Phi) is 42.5.